The van der Waals surface area contributed by atoms with Crippen LogP contribution >= 0.6 is 0 Å². The normalized spacial score (nSPS) is 19.9. The van der Waals surface area contributed by atoms with Gasteiger partial charge in [0.2, 0.25) is 0 Å². The average Bonchev–Trinajstić information content (AvgIpc) is 2.70. The van der Waals surface area contributed by atoms with Crippen LogP contribution in [0.1, 0.15) is 24.1 Å². The Balaban J connectivity index is 1.54. The summed E-state index contributed by atoms with van der Waals surface area (Å²) in [6, 6.07) is 7.66. The summed E-state index contributed by atoms with van der Waals surface area (Å²) < 4.78 is 5.24. The van der Waals surface area contributed by atoms with Crippen LogP contribution in [0.5, 0.6) is 5.75 Å². The molecular formula is C20H26N4O3. The maximum atomic E-state index is 12.9. The smallest absolute Gasteiger partial charge is 0.256 e. The number of hydrogen-bond donors (Lipinski definition) is 2. The molecule has 0 aliphatic carbocycles. The first-order valence-corrected chi connectivity index (χ1v) is 9.21. The quantitative estimate of drug-likeness (QED) is 0.679. The zero-order chi connectivity index (χ0) is 19.1. The molecular weight excluding hydrogens is 344 g/mol. The molecule has 2 aromatic rings. The van der Waals surface area contributed by atoms with E-state index in [9.17, 15) is 9.90 Å². The van der Waals surface area contributed by atoms with Crippen molar-refractivity contribution in [2.24, 2.45) is 0 Å². The molecule has 27 heavy (non-hydrogen) atoms. The molecule has 1 aromatic heterocycles. The lowest BCUT2D eigenvalue weighted by molar-refractivity contribution is -0.157. The summed E-state index contributed by atoms with van der Waals surface area (Å²) in [5, 5.41) is 14.1. The second-order valence-electron chi connectivity index (χ2n) is 6.84. The second kappa shape index (κ2) is 8.92. The number of likely N-dealkylation sites (tertiary alicyclic amines) is 1. The highest BCUT2D eigenvalue weighted by atomic mass is 16.5. The highest BCUT2D eigenvalue weighted by Crippen LogP contribution is 2.24. The number of nitrogens with zero attached hydrogens (tertiary/aromatic N) is 3. The number of aliphatic hydroxyl groups is 1. The SMILES string of the molecule is COc1cccc(CN2CCC[C@](O)(CNCCc3cnccn3)C2=O)c1. The number of piperidine rings is 1. The molecule has 7 nitrogen and oxygen atoms in total. The Morgan fingerprint density at radius 1 is 1.37 bits per heavy atom. The van der Waals surface area contributed by atoms with Crippen LogP contribution in [0.4, 0.5) is 0 Å². The highest BCUT2D eigenvalue weighted by molar-refractivity contribution is 5.86. The summed E-state index contributed by atoms with van der Waals surface area (Å²) in [6.45, 7) is 1.99. The number of carbonyl (C=O) groups is 1. The van der Waals surface area contributed by atoms with Gasteiger partial charge in [0.25, 0.3) is 5.91 Å². The summed E-state index contributed by atoms with van der Waals surface area (Å²) in [5.74, 6) is 0.543. The van der Waals surface area contributed by atoms with Crippen molar-refractivity contribution in [3.05, 3.63) is 54.1 Å². The van der Waals surface area contributed by atoms with Crippen LogP contribution in [-0.2, 0) is 17.8 Å². The Bertz CT molecular complexity index is 756. The molecule has 0 saturated carbocycles. The van der Waals surface area contributed by atoms with Gasteiger partial charge in [-0.05, 0) is 30.5 Å². The molecule has 1 saturated heterocycles. The molecule has 1 aliphatic rings. The summed E-state index contributed by atoms with van der Waals surface area (Å²) in [5.41, 5.74) is 0.508. The van der Waals surface area contributed by atoms with E-state index < -0.39 is 5.60 Å². The van der Waals surface area contributed by atoms with Crippen molar-refractivity contribution in [1.29, 1.82) is 0 Å². The third-order valence-corrected chi connectivity index (χ3v) is 4.80. The lowest BCUT2D eigenvalue weighted by Gasteiger charge is -2.38. The third kappa shape index (κ3) is 5.02. The Hall–Kier alpha value is -2.51. The lowest BCUT2D eigenvalue weighted by Crippen LogP contribution is -2.57. The van der Waals surface area contributed by atoms with Crippen LogP contribution in [0.3, 0.4) is 0 Å². The van der Waals surface area contributed by atoms with Gasteiger partial charge in [-0.1, -0.05) is 12.1 Å². The van der Waals surface area contributed by atoms with E-state index >= 15 is 0 Å². The summed E-state index contributed by atoms with van der Waals surface area (Å²) in [6.07, 6.45) is 6.96. The monoisotopic (exact) mass is 370 g/mol. The van der Waals surface area contributed by atoms with Gasteiger partial charge in [0.1, 0.15) is 5.75 Å². The van der Waals surface area contributed by atoms with Gasteiger partial charge in [-0.3, -0.25) is 14.8 Å². The zero-order valence-corrected chi connectivity index (χ0v) is 15.6. The minimum absolute atomic E-state index is 0.219. The number of aromatic nitrogens is 2. The van der Waals surface area contributed by atoms with Gasteiger partial charge in [0, 0.05) is 51.2 Å². The number of nitrogens with one attached hydrogen (secondary N) is 1. The van der Waals surface area contributed by atoms with E-state index in [1.165, 1.54) is 0 Å². The number of benzene rings is 1. The van der Waals surface area contributed by atoms with Crippen molar-refractivity contribution in [2.45, 2.75) is 31.4 Å². The molecule has 1 aliphatic heterocycles. The topological polar surface area (TPSA) is 87.6 Å². The standard InChI is InChI=1S/C20H26N4O3/c1-27-18-5-2-4-16(12-18)14-24-11-3-7-20(26,19(24)25)15-22-8-6-17-13-21-9-10-23-17/h2,4-5,9-10,12-13,22,26H,3,6-8,11,14-15H2,1H3/t20-/m0/s1. The van der Waals surface area contributed by atoms with E-state index in [0.717, 1.165) is 23.4 Å². The first kappa shape index (κ1) is 19.3. The fourth-order valence-electron chi connectivity index (χ4n) is 3.34. The molecule has 0 bridgehead atoms. The number of amides is 1. The predicted octanol–water partition coefficient (Wildman–Crippen LogP) is 1.17. The first-order valence-electron chi connectivity index (χ1n) is 9.21. The van der Waals surface area contributed by atoms with Crippen LogP contribution in [0, 0.1) is 0 Å². The summed E-state index contributed by atoms with van der Waals surface area (Å²) >= 11 is 0. The molecule has 0 spiro atoms. The summed E-state index contributed by atoms with van der Waals surface area (Å²) in [7, 11) is 1.62. The highest BCUT2D eigenvalue weighted by Gasteiger charge is 2.41. The van der Waals surface area contributed by atoms with Crippen molar-refractivity contribution < 1.29 is 14.6 Å². The van der Waals surface area contributed by atoms with E-state index in [4.69, 9.17) is 4.74 Å². The van der Waals surface area contributed by atoms with Crippen LogP contribution in [-0.4, -0.2) is 58.2 Å². The van der Waals surface area contributed by atoms with Gasteiger partial charge in [-0.2, -0.15) is 0 Å². The largest absolute Gasteiger partial charge is 0.497 e. The minimum atomic E-state index is -1.36. The van der Waals surface area contributed by atoms with Gasteiger partial charge in [0.15, 0.2) is 5.60 Å². The van der Waals surface area contributed by atoms with Gasteiger partial charge < -0.3 is 20.1 Å². The van der Waals surface area contributed by atoms with E-state index in [-0.39, 0.29) is 12.5 Å². The van der Waals surface area contributed by atoms with E-state index in [2.05, 4.69) is 15.3 Å². The maximum Gasteiger partial charge on any atom is 0.256 e. The predicted molar refractivity (Wildman–Crippen MR) is 101 cm³/mol. The molecule has 7 heteroatoms. The van der Waals surface area contributed by atoms with Crippen LogP contribution in [0.15, 0.2) is 42.9 Å². The van der Waals surface area contributed by atoms with Gasteiger partial charge in [-0.15, -0.1) is 0 Å². The molecule has 0 radical (unpaired) electrons. The van der Waals surface area contributed by atoms with E-state index in [1.807, 2.05) is 24.3 Å². The van der Waals surface area contributed by atoms with Crippen molar-refractivity contribution >= 4 is 5.91 Å². The molecule has 1 amide bonds. The molecule has 144 valence electrons. The number of ether oxygens (including phenoxy) is 1. The third-order valence-electron chi connectivity index (χ3n) is 4.80. The fraction of sp³-hybridized carbons (Fsp3) is 0.450. The average molecular weight is 370 g/mol. The molecule has 2 N–H and O–H groups in total. The first-order chi connectivity index (χ1) is 13.1. The van der Waals surface area contributed by atoms with Gasteiger partial charge in [-0.25, -0.2) is 0 Å². The number of hydrogen-bond acceptors (Lipinski definition) is 6. The molecule has 1 atom stereocenters. The molecule has 1 fully saturated rings. The molecule has 0 unspecified atom stereocenters. The van der Waals surface area contributed by atoms with Gasteiger partial charge >= 0.3 is 0 Å². The molecule has 1 aromatic carbocycles. The zero-order valence-electron chi connectivity index (χ0n) is 15.6. The number of methoxy groups -OCH3 is 1. The van der Waals surface area contributed by atoms with E-state index in [0.29, 0.717) is 32.5 Å². The Labute approximate surface area is 159 Å². The van der Waals surface area contributed by atoms with Gasteiger partial charge in [0.05, 0.1) is 12.8 Å². The summed E-state index contributed by atoms with van der Waals surface area (Å²) in [4.78, 5) is 22.8. The number of rotatable bonds is 8. The van der Waals surface area contributed by atoms with Crippen LogP contribution in [0.2, 0.25) is 0 Å². The van der Waals surface area contributed by atoms with Crippen molar-refractivity contribution in [2.75, 3.05) is 26.7 Å². The van der Waals surface area contributed by atoms with Crippen LogP contribution in [0.25, 0.3) is 0 Å². The van der Waals surface area contributed by atoms with E-state index in [1.54, 1.807) is 30.6 Å². The molecule has 3 rings (SSSR count). The minimum Gasteiger partial charge on any atom is -0.497 e. The van der Waals surface area contributed by atoms with Crippen molar-refractivity contribution in [3.8, 4) is 5.75 Å². The Morgan fingerprint density at radius 2 is 2.26 bits per heavy atom. The Kier molecular flexibility index (Phi) is 6.36. The van der Waals surface area contributed by atoms with Crippen molar-refractivity contribution in [3.63, 3.8) is 0 Å². The second-order valence-corrected chi connectivity index (χ2v) is 6.84. The Morgan fingerprint density at radius 3 is 3.04 bits per heavy atom. The maximum absolute atomic E-state index is 12.9. The fourth-order valence-corrected chi connectivity index (χ4v) is 3.34. The van der Waals surface area contributed by atoms with Crippen LogP contribution < -0.4 is 10.1 Å². The van der Waals surface area contributed by atoms with Crippen molar-refractivity contribution in [1.82, 2.24) is 20.2 Å². The molecule has 2 heterocycles. The number of carbonyl (C=O) groups excluding carboxylic acids is 1. The lowest BCUT2D eigenvalue weighted by atomic mass is 9.91.